The molecule has 0 unspecified atom stereocenters. The summed E-state index contributed by atoms with van der Waals surface area (Å²) in [4.78, 5) is 26.2. The Labute approximate surface area is 164 Å². The van der Waals surface area contributed by atoms with Crippen LogP contribution >= 0.6 is 0 Å². The zero-order chi connectivity index (χ0) is 20.6. The molecule has 1 amide bonds. The fraction of sp³-hybridized carbons (Fsp3) is 0.500. The number of nitrogens with zero attached hydrogens (tertiary/aromatic N) is 1. The number of aryl methyl sites for hydroxylation is 2. The number of benzene rings is 1. The molecule has 0 bridgehead atoms. The van der Waals surface area contributed by atoms with E-state index in [-0.39, 0.29) is 24.0 Å². The highest BCUT2D eigenvalue weighted by atomic mass is 32.2. The molecule has 28 heavy (non-hydrogen) atoms. The summed E-state index contributed by atoms with van der Waals surface area (Å²) in [5.74, 6) is -0.904. The van der Waals surface area contributed by atoms with Crippen LogP contribution < -0.4 is 0 Å². The van der Waals surface area contributed by atoms with E-state index in [0.717, 1.165) is 16.5 Å². The fourth-order valence-electron chi connectivity index (χ4n) is 3.47. The zero-order valence-electron chi connectivity index (χ0n) is 16.5. The van der Waals surface area contributed by atoms with Crippen molar-refractivity contribution in [2.75, 3.05) is 18.6 Å². The summed E-state index contributed by atoms with van der Waals surface area (Å²) in [5, 5.41) is 0.854. The molecule has 152 valence electrons. The number of furan rings is 1. The summed E-state index contributed by atoms with van der Waals surface area (Å²) in [6, 6.07) is 3.53. The largest absolute Gasteiger partial charge is 0.464 e. The molecule has 1 aliphatic heterocycles. The van der Waals surface area contributed by atoms with E-state index in [1.165, 1.54) is 18.1 Å². The molecule has 2 aromatic rings. The Hall–Kier alpha value is -2.35. The maximum absolute atomic E-state index is 12.5. The topological polar surface area (TPSA) is 93.9 Å². The number of rotatable bonds is 5. The highest BCUT2D eigenvalue weighted by Gasteiger charge is 2.35. The lowest BCUT2D eigenvalue weighted by Crippen LogP contribution is -2.44. The Morgan fingerprint density at radius 2 is 1.96 bits per heavy atom. The predicted octanol–water partition coefficient (Wildman–Crippen LogP) is 2.17. The van der Waals surface area contributed by atoms with Crippen molar-refractivity contribution in [3.05, 3.63) is 35.1 Å². The minimum absolute atomic E-state index is 0.00531. The smallest absolute Gasteiger partial charge is 0.311 e. The Morgan fingerprint density at radius 3 is 2.61 bits per heavy atom. The first kappa shape index (κ1) is 20.4. The lowest BCUT2D eigenvalue weighted by atomic mass is 10.0. The van der Waals surface area contributed by atoms with Crippen molar-refractivity contribution >= 4 is 32.7 Å². The molecule has 7 nitrogen and oxygen atoms in total. The SMILES string of the molecule is Cc1cc2occ(CC(=O)O[C@@H](C)C(=O)N(C)[C@@H]3CCS(=O)(=O)C3)c2cc1C. The molecule has 1 aliphatic rings. The lowest BCUT2D eigenvalue weighted by Gasteiger charge is -2.26. The molecule has 0 aliphatic carbocycles. The molecule has 1 aromatic carbocycles. The molecule has 0 N–H and O–H groups in total. The first-order valence-corrected chi connectivity index (χ1v) is 11.0. The quantitative estimate of drug-likeness (QED) is 0.705. The number of sulfone groups is 1. The van der Waals surface area contributed by atoms with Crippen LogP contribution in [0.5, 0.6) is 0 Å². The number of hydrogen-bond donors (Lipinski definition) is 0. The first-order valence-electron chi connectivity index (χ1n) is 9.21. The van der Waals surface area contributed by atoms with Crippen LogP contribution in [0.25, 0.3) is 11.0 Å². The van der Waals surface area contributed by atoms with Crippen LogP contribution in [0.15, 0.2) is 22.8 Å². The number of amides is 1. The van der Waals surface area contributed by atoms with Crippen LogP contribution in [-0.4, -0.2) is 55.9 Å². The monoisotopic (exact) mass is 407 g/mol. The number of carbonyl (C=O) groups excluding carboxylic acids is 2. The van der Waals surface area contributed by atoms with Crippen LogP contribution in [0.4, 0.5) is 0 Å². The van der Waals surface area contributed by atoms with E-state index >= 15 is 0 Å². The zero-order valence-corrected chi connectivity index (χ0v) is 17.3. The van der Waals surface area contributed by atoms with Crippen molar-refractivity contribution in [1.82, 2.24) is 4.90 Å². The van der Waals surface area contributed by atoms with Gasteiger partial charge in [-0.05, 0) is 50.5 Å². The second kappa shape index (κ2) is 7.58. The van der Waals surface area contributed by atoms with E-state index in [0.29, 0.717) is 17.6 Å². The maximum Gasteiger partial charge on any atom is 0.311 e. The standard InChI is InChI=1S/C20H25NO6S/c1-12-7-17-15(10-26-18(17)8-13(12)2)9-19(22)27-14(3)20(23)21(4)16-5-6-28(24,25)11-16/h7-8,10,14,16H,5-6,9,11H2,1-4H3/t14-,16+/m0/s1. The van der Waals surface area contributed by atoms with Gasteiger partial charge in [0.1, 0.15) is 5.58 Å². The summed E-state index contributed by atoms with van der Waals surface area (Å²) < 4.78 is 34.0. The van der Waals surface area contributed by atoms with Gasteiger partial charge in [0.25, 0.3) is 5.91 Å². The number of esters is 1. The molecular weight excluding hydrogens is 382 g/mol. The van der Waals surface area contributed by atoms with Gasteiger partial charge < -0.3 is 14.1 Å². The molecule has 3 rings (SSSR count). The van der Waals surface area contributed by atoms with Crippen molar-refractivity contribution in [2.45, 2.75) is 45.8 Å². The van der Waals surface area contributed by atoms with E-state index in [1.54, 1.807) is 7.05 Å². The van der Waals surface area contributed by atoms with Gasteiger partial charge in [-0.2, -0.15) is 0 Å². The van der Waals surface area contributed by atoms with E-state index in [2.05, 4.69) is 0 Å². The number of carbonyl (C=O) groups is 2. The molecule has 0 radical (unpaired) electrons. The molecule has 2 atom stereocenters. The third kappa shape index (κ3) is 4.22. The van der Waals surface area contributed by atoms with Gasteiger partial charge in [0.2, 0.25) is 0 Å². The fourth-order valence-corrected chi connectivity index (χ4v) is 5.24. The molecular formula is C20H25NO6S. The number of fused-ring (bicyclic) bond motifs is 1. The van der Waals surface area contributed by atoms with Crippen LogP contribution in [0.2, 0.25) is 0 Å². The highest BCUT2D eigenvalue weighted by molar-refractivity contribution is 7.91. The third-order valence-corrected chi connectivity index (χ3v) is 7.11. The minimum atomic E-state index is -3.10. The number of likely N-dealkylation sites (N-methyl/N-ethyl adjacent to an activating group) is 1. The molecule has 2 heterocycles. The summed E-state index contributed by atoms with van der Waals surface area (Å²) >= 11 is 0. The first-order chi connectivity index (χ1) is 13.1. The summed E-state index contributed by atoms with van der Waals surface area (Å²) in [5.41, 5.74) is 3.61. The number of hydrogen-bond acceptors (Lipinski definition) is 6. The van der Waals surface area contributed by atoms with Crippen molar-refractivity contribution in [1.29, 1.82) is 0 Å². The molecule has 1 fully saturated rings. The van der Waals surface area contributed by atoms with E-state index in [9.17, 15) is 18.0 Å². The predicted molar refractivity (Wildman–Crippen MR) is 105 cm³/mol. The Kier molecular flexibility index (Phi) is 5.52. The van der Waals surface area contributed by atoms with Gasteiger partial charge in [-0.15, -0.1) is 0 Å². The van der Waals surface area contributed by atoms with Gasteiger partial charge in [0.15, 0.2) is 15.9 Å². The van der Waals surface area contributed by atoms with Gasteiger partial charge >= 0.3 is 5.97 Å². The van der Waals surface area contributed by atoms with Crippen molar-refractivity contribution in [3.8, 4) is 0 Å². The second-order valence-electron chi connectivity index (χ2n) is 7.51. The molecule has 1 aromatic heterocycles. The molecule has 0 saturated carbocycles. The van der Waals surface area contributed by atoms with Crippen molar-refractivity contribution in [3.63, 3.8) is 0 Å². The normalized spacial score (nSPS) is 19.5. The summed E-state index contributed by atoms with van der Waals surface area (Å²) in [7, 11) is -1.55. The van der Waals surface area contributed by atoms with Gasteiger partial charge in [0.05, 0.1) is 24.2 Å². The summed E-state index contributed by atoms with van der Waals surface area (Å²) in [6.07, 6.45) is 0.954. The van der Waals surface area contributed by atoms with Crippen LogP contribution in [0, 0.1) is 13.8 Å². The Bertz CT molecular complexity index is 1020. The van der Waals surface area contributed by atoms with E-state index in [1.807, 2.05) is 26.0 Å². The average molecular weight is 407 g/mol. The maximum atomic E-state index is 12.5. The van der Waals surface area contributed by atoms with Gasteiger partial charge in [-0.3, -0.25) is 9.59 Å². The van der Waals surface area contributed by atoms with Gasteiger partial charge in [-0.25, -0.2) is 8.42 Å². The van der Waals surface area contributed by atoms with Crippen LogP contribution in [0.3, 0.4) is 0 Å². The van der Waals surface area contributed by atoms with Crippen molar-refractivity contribution < 1.29 is 27.2 Å². The third-order valence-electron chi connectivity index (χ3n) is 5.36. The average Bonchev–Trinajstić information content (AvgIpc) is 3.17. The summed E-state index contributed by atoms with van der Waals surface area (Å²) in [6.45, 7) is 5.48. The van der Waals surface area contributed by atoms with Gasteiger partial charge in [0, 0.05) is 24.0 Å². The number of ether oxygens (including phenoxy) is 1. The second-order valence-corrected chi connectivity index (χ2v) is 9.74. The van der Waals surface area contributed by atoms with Crippen molar-refractivity contribution in [2.24, 2.45) is 0 Å². The molecule has 1 saturated heterocycles. The van der Waals surface area contributed by atoms with Crippen LogP contribution in [-0.2, 0) is 30.6 Å². The highest BCUT2D eigenvalue weighted by Crippen LogP contribution is 2.25. The Morgan fingerprint density at radius 1 is 1.29 bits per heavy atom. The lowest BCUT2D eigenvalue weighted by molar-refractivity contribution is -0.158. The minimum Gasteiger partial charge on any atom is -0.464 e. The molecule has 8 heteroatoms. The molecule has 0 spiro atoms. The van der Waals surface area contributed by atoms with E-state index in [4.69, 9.17) is 9.15 Å². The van der Waals surface area contributed by atoms with E-state index < -0.39 is 27.8 Å². The van der Waals surface area contributed by atoms with Crippen LogP contribution in [0.1, 0.15) is 30.0 Å². The Balaban J connectivity index is 1.63. The van der Waals surface area contributed by atoms with Gasteiger partial charge in [-0.1, -0.05) is 0 Å².